The van der Waals surface area contributed by atoms with Crippen molar-refractivity contribution in [3.05, 3.63) is 88.4 Å². The van der Waals surface area contributed by atoms with Gasteiger partial charge >= 0.3 is 0 Å². The number of rotatable bonds is 6. The minimum Gasteiger partial charge on any atom is -0.504 e. The molecule has 0 unspecified atom stereocenters. The summed E-state index contributed by atoms with van der Waals surface area (Å²) in [5, 5.41) is 15.1. The van der Waals surface area contributed by atoms with Crippen LogP contribution >= 0.6 is 11.6 Å². The average Bonchev–Trinajstić information content (AvgIpc) is 2.81. The van der Waals surface area contributed by atoms with E-state index in [-0.39, 0.29) is 18.0 Å². The van der Waals surface area contributed by atoms with Crippen molar-refractivity contribution in [2.24, 2.45) is 4.99 Å². The molecular weight excluding hydrogens is 412 g/mol. The summed E-state index contributed by atoms with van der Waals surface area (Å²) in [4.78, 5) is 4.99. The molecule has 0 amide bonds. The maximum Gasteiger partial charge on any atom is 0.162 e. The van der Waals surface area contributed by atoms with E-state index in [1.807, 2.05) is 67.6 Å². The van der Waals surface area contributed by atoms with Crippen LogP contribution in [0, 0.1) is 0 Å². The summed E-state index contributed by atoms with van der Waals surface area (Å²) in [6, 6.07) is 21.0. The number of para-hydroxylation sites is 1. The first kappa shape index (κ1) is 21.2. The summed E-state index contributed by atoms with van der Waals surface area (Å²) < 4.78 is 11.0. The van der Waals surface area contributed by atoms with Crippen LogP contribution in [0.3, 0.4) is 0 Å². The van der Waals surface area contributed by atoms with Gasteiger partial charge in [0.1, 0.15) is 11.9 Å². The molecule has 2 atom stereocenters. The van der Waals surface area contributed by atoms with E-state index in [9.17, 15) is 5.11 Å². The second-order valence-corrected chi connectivity index (χ2v) is 7.75. The summed E-state index contributed by atoms with van der Waals surface area (Å²) in [5.41, 5.74) is 3.70. The van der Waals surface area contributed by atoms with Crippen molar-refractivity contribution in [1.29, 1.82) is 0 Å². The molecule has 0 spiro atoms. The molecule has 0 bridgehead atoms. The number of hydrogen-bond donors (Lipinski definition) is 2. The van der Waals surface area contributed by atoms with Crippen molar-refractivity contribution in [1.82, 2.24) is 5.32 Å². The quantitative estimate of drug-likeness (QED) is 0.522. The van der Waals surface area contributed by atoms with E-state index in [0.717, 1.165) is 28.2 Å². The summed E-state index contributed by atoms with van der Waals surface area (Å²) in [7, 11) is 1.65. The molecule has 1 heterocycles. The Bertz CT molecular complexity index is 1080. The highest BCUT2D eigenvalue weighted by atomic mass is 35.5. The zero-order valence-electron chi connectivity index (χ0n) is 17.5. The molecule has 4 rings (SSSR count). The van der Waals surface area contributed by atoms with Crippen LogP contribution in [0.2, 0.25) is 5.02 Å². The highest BCUT2D eigenvalue weighted by Crippen LogP contribution is 2.39. The summed E-state index contributed by atoms with van der Waals surface area (Å²) >= 11 is 6.08. The van der Waals surface area contributed by atoms with Gasteiger partial charge in [-0.1, -0.05) is 48.0 Å². The highest BCUT2D eigenvalue weighted by molar-refractivity contribution is 6.30. The number of nitrogens with one attached hydrogen (secondary N) is 1. The molecule has 3 aromatic rings. The lowest BCUT2D eigenvalue weighted by Gasteiger charge is -2.31. The predicted molar refractivity (Wildman–Crippen MR) is 123 cm³/mol. The lowest BCUT2D eigenvalue weighted by atomic mass is 9.93. The van der Waals surface area contributed by atoms with E-state index < -0.39 is 0 Å². The number of halogens is 1. The van der Waals surface area contributed by atoms with Crippen LogP contribution in [-0.4, -0.2) is 24.5 Å². The second-order valence-electron chi connectivity index (χ2n) is 7.31. The third kappa shape index (κ3) is 4.68. The maximum absolute atomic E-state index is 10.9. The largest absolute Gasteiger partial charge is 0.504 e. The van der Waals surface area contributed by atoms with E-state index in [0.29, 0.717) is 23.8 Å². The zero-order valence-corrected chi connectivity index (χ0v) is 18.3. The lowest BCUT2D eigenvalue weighted by Crippen LogP contribution is -2.33. The van der Waals surface area contributed by atoms with Crippen LogP contribution in [0.15, 0.2) is 71.7 Å². The molecule has 0 aliphatic carbocycles. The van der Waals surface area contributed by atoms with Crippen LogP contribution in [-0.2, 0) is 0 Å². The summed E-state index contributed by atoms with van der Waals surface area (Å²) in [5.74, 6) is 1.42. The predicted octanol–water partition coefficient (Wildman–Crippen LogP) is 5.68. The summed E-state index contributed by atoms with van der Waals surface area (Å²) in [6.07, 6.45) is 0.327. The molecule has 2 N–H and O–H groups in total. The fourth-order valence-electron chi connectivity index (χ4n) is 3.79. The minimum atomic E-state index is -0.285. The molecule has 3 aromatic carbocycles. The number of benzene rings is 3. The van der Waals surface area contributed by atoms with Crippen LogP contribution in [0.25, 0.3) is 0 Å². The number of methoxy groups -OCH3 is 1. The smallest absolute Gasteiger partial charge is 0.162 e. The van der Waals surface area contributed by atoms with Gasteiger partial charge in [0.25, 0.3) is 0 Å². The average molecular weight is 437 g/mol. The van der Waals surface area contributed by atoms with Gasteiger partial charge in [-0.2, -0.15) is 0 Å². The molecule has 31 heavy (non-hydrogen) atoms. The number of nitrogens with zero attached hydrogens (tertiary/aromatic N) is 1. The fourth-order valence-corrected chi connectivity index (χ4v) is 3.92. The molecule has 160 valence electrons. The molecule has 0 saturated heterocycles. The molecule has 0 saturated carbocycles. The number of aliphatic imine (C=N–C) groups is 1. The van der Waals surface area contributed by atoms with Gasteiger partial charge in [-0.05, 0) is 48.4 Å². The van der Waals surface area contributed by atoms with Gasteiger partial charge in [0.05, 0.1) is 13.7 Å². The Kier molecular flexibility index (Phi) is 6.44. The van der Waals surface area contributed by atoms with E-state index in [1.54, 1.807) is 13.2 Å². The Morgan fingerprint density at radius 1 is 1.10 bits per heavy atom. The first-order valence-electron chi connectivity index (χ1n) is 10.3. The number of ether oxygens (including phenoxy) is 2. The topological polar surface area (TPSA) is 63.1 Å². The van der Waals surface area contributed by atoms with Crippen LogP contribution < -0.4 is 14.8 Å². The third-order valence-electron chi connectivity index (χ3n) is 5.34. The molecule has 0 fully saturated rings. The molecule has 6 heteroatoms. The zero-order chi connectivity index (χ0) is 21.8. The fraction of sp³-hybridized carbons (Fsp3) is 0.240. The van der Waals surface area contributed by atoms with Gasteiger partial charge in [0.2, 0.25) is 0 Å². The van der Waals surface area contributed by atoms with Crippen molar-refractivity contribution in [2.75, 3.05) is 13.7 Å². The Labute approximate surface area is 187 Å². The van der Waals surface area contributed by atoms with Crippen LogP contribution in [0.1, 0.15) is 42.2 Å². The normalized spacial score (nSPS) is 18.4. The Morgan fingerprint density at radius 2 is 1.87 bits per heavy atom. The van der Waals surface area contributed by atoms with Crippen molar-refractivity contribution in [3.63, 3.8) is 0 Å². The molecule has 0 aromatic heterocycles. The van der Waals surface area contributed by atoms with Gasteiger partial charge < -0.3 is 14.6 Å². The van der Waals surface area contributed by atoms with E-state index in [1.165, 1.54) is 0 Å². The first-order valence-corrected chi connectivity index (χ1v) is 10.6. The molecule has 1 aliphatic heterocycles. The maximum atomic E-state index is 10.9. The molecule has 0 radical (unpaired) electrons. The van der Waals surface area contributed by atoms with Gasteiger partial charge in [0, 0.05) is 28.8 Å². The number of hydrogen-bond acceptors (Lipinski definition) is 5. The lowest BCUT2D eigenvalue weighted by molar-refractivity contribution is 0.313. The van der Waals surface area contributed by atoms with Crippen LogP contribution in [0.5, 0.6) is 17.2 Å². The Balaban J connectivity index is 1.75. The third-order valence-corrected chi connectivity index (χ3v) is 5.59. The standard InChI is InChI=1S/C25H25ClN2O3/c1-3-31-23-9-5-8-20(24(23)29)22-15-21(17-6-4-7-19(14-17)30-2)27-25(28-22)16-10-12-18(26)13-11-16/h4-14,22,25,28-29H,3,15H2,1-2H3/t22-,25-/m0/s1. The Hall–Kier alpha value is -3.02. The molecular formula is C25H25ClN2O3. The van der Waals surface area contributed by atoms with Crippen molar-refractivity contribution in [3.8, 4) is 17.2 Å². The SMILES string of the molecule is CCOc1cccc([C@@H]2CC(c3cccc(OC)c3)=N[C@H](c3ccc(Cl)cc3)N2)c1O. The van der Waals surface area contributed by atoms with Crippen molar-refractivity contribution >= 4 is 17.3 Å². The van der Waals surface area contributed by atoms with Crippen molar-refractivity contribution in [2.45, 2.75) is 25.6 Å². The van der Waals surface area contributed by atoms with Crippen LogP contribution in [0.4, 0.5) is 0 Å². The summed E-state index contributed by atoms with van der Waals surface area (Å²) in [6.45, 7) is 2.38. The minimum absolute atomic E-state index is 0.153. The Morgan fingerprint density at radius 3 is 2.61 bits per heavy atom. The monoisotopic (exact) mass is 436 g/mol. The van der Waals surface area contributed by atoms with Gasteiger partial charge in [-0.3, -0.25) is 10.3 Å². The van der Waals surface area contributed by atoms with E-state index >= 15 is 0 Å². The van der Waals surface area contributed by atoms with Gasteiger partial charge in [-0.15, -0.1) is 0 Å². The van der Waals surface area contributed by atoms with Crippen molar-refractivity contribution < 1.29 is 14.6 Å². The van der Waals surface area contributed by atoms with E-state index in [4.69, 9.17) is 26.1 Å². The second kappa shape index (κ2) is 9.41. The highest BCUT2D eigenvalue weighted by Gasteiger charge is 2.28. The van der Waals surface area contributed by atoms with E-state index in [2.05, 4.69) is 5.32 Å². The number of phenols is 1. The molecule has 5 nitrogen and oxygen atoms in total. The van der Waals surface area contributed by atoms with Gasteiger partial charge in [-0.25, -0.2) is 0 Å². The first-order chi connectivity index (χ1) is 15.1. The number of phenolic OH excluding ortho intramolecular Hbond substituents is 1. The number of aromatic hydroxyl groups is 1. The van der Waals surface area contributed by atoms with Gasteiger partial charge in [0.15, 0.2) is 11.5 Å². The molecule has 1 aliphatic rings.